The van der Waals surface area contributed by atoms with Gasteiger partial charge in [0.2, 0.25) is 0 Å². The summed E-state index contributed by atoms with van der Waals surface area (Å²) in [6, 6.07) is 0.207. The first-order valence-electron chi connectivity index (χ1n) is 10.8. The van der Waals surface area contributed by atoms with Gasteiger partial charge in [0.05, 0.1) is 24.9 Å². The highest BCUT2D eigenvalue weighted by atomic mass is 127. The Labute approximate surface area is 194 Å². The van der Waals surface area contributed by atoms with Gasteiger partial charge in [0.25, 0.3) is 0 Å². The number of likely N-dealkylation sites (N-methyl/N-ethyl adjacent to an activating group) is 1. The third kappa shape index (κ3) is 8.80. The molecular formula is C21H41IN6O. The number of nitrogens with zero attached hydrogens (tertiary/aromatic N) is 4. The first-order valence-corrected chi connectivity index (χ1v) is 10.8. The van der Waals surface area contributed by atoms with Gasteiger partial charge in [0, 0.05) is 38.5 Å². The maximum absolute atomic E-state index is 6.04. The summed E-state index contributed by atoms with van der Waals surface area (Å²) in [7, 11) is 6.12. The molecule has 1 fully saturated rings. The molecule has 2 unspecified atom stereocenters. The number of aryl methyl sites for hydroxylation is 1. The molecule has 168 valence electrons. The molecular weight excluding hydrogens is 479 g/mol. The van der Waals surface area contributed by atoms with Crippen LogP contribution in [0.2, 0.25) is 0 Å². The lowest BCUT2D eigenvalue weighted by molar-refractivity contribution is 0.0169. The van der Waals surface area contributed by atoms with Crippen LogP contribution in [0.3, 0.4) is 0 Å². The van der Waals surface area contributed by atoms with E-state index >= 15 is 0 Å². The first-order chi connectivity index (χ1) is 13.5. The second-order valence-electron chi connectivity index (χ2n) is 7.90. The Balaban J connectivity index is 0.00000420. The minimum absolute atomic E-state index is 0. The van der Waals surface area contributed by atoms with Crippen LogP contribution in [0.4, 0.5) is 0 Å². The monoisotopic (exact) mass is 520 g/mol. The molecule has 1 heterocycles. The van der Waals surface area contributed by atoms with Crippen LogP contribution >= 0.6 is 24.0 Å². The lowest BCUT2D eigenvalue weighted by Gasteiger charge is -2.24. The van der Waals surface area contributed by atoms with E-state index in [2.05, 4.69) is 54.8 Å². The molecule has 29 heavy (non-hydrogen) atoms. The maximum atomic E-state index is 6.04. The topological polar surface area (TPSA) is 66.7 Å². The van der Waals surface area contributed by atoms with Gasteiger partial charge >= 0.3 is 0 Å². The van der Waals surface area contributed by atoms with E-state index in [1.165, 1.54) is 31.2 Å². The number of hydrogen-bond donors (Lipinski definition) is 2. The Morgan fingerprint density at radius 3 is 2.59 bits per heavy atom. The molecule has 0 aliphatic heterocycles. The van der Waals surface area contributed by atoms with E-state index in [9.17, 15) is 0 Å². The average Bonchev–Trinajstić information content (AvgIpc) is 3.33. The Bertz CT molecular complexity index is 585. The third-order valence-corrected chi connectivity index (χ3v) is 5.53. The largest absolute Gasteiger partial charge is 0.378 e. The van der Waals surface area contributed by atoms with Crippen molar-refractivity contribution < 1.29 is 4.74 Å². The van der Waals surface area contributed by atoms with Crippen molar-refractivity contribution in [1.29, 1.82) is 0 Å². The molecule has 1 aliphatic rings. The number of rotatable bonds is 11. The number of guanidine groups is 1. The molecule has 0 amide bonds. The molecule has 0 bridgehead atoms. The van der Waals surface area contributed by atoms with Gasteiger partial charge in [0.15, 0.2) is 5.96 Å². The van der Waals surface area contributed by atoms with Crippen molar-refractivity contribution in [3.63, 3.8) is 0 Å². The van der Waals surface area contributed by atoms with Gasteiger partial charge in [-0.3, -0.25) is 9.67 Å². The molecule has 0 spiro atoms. The fourth-order valence-corrected chi connectivity index (χ4v) is 4.03. The lowest BCUT2D eigenvalue weighted by Crippen LogP contribution is -2.40. The Morgan fingerprint density at radius 1 is 1.31 bits per heavy atom. The van der Waals surface area contributed by atoms with E-state index in [1.54, 1.807) is 0 Å². The van der Waals surface area contributed by atoms with Gasteiger partial charge < -0.3 is 20.3 Å². The summed E-state index contributed by atoms with van der Waals surface area (Å²) >= 11 is 0. The van der Waals surface area contributed by atoms with Gasteiger partial charge in [0.1, 0.15) is 0 Å². The van der Waals surface area contributed by atoms with Crippen LogP contribution in [0.15, 0.2) is 17.4 Å². The Kier molecular flexibility index (Phi) is 12.8. The predicted molar refractivity (Wildman–Crippen MR) is 131 cm³/mol. The van der Waals surface area contributed by atoms with Gasteiger partial charge in [-0.15, -0.1) is 24.0 Å². The van der Waals surface area contributed by atoms with E-state index in [0.717, 1.165) is 38.0 Å². The summed E-state index contributed by atoms with van der Waals surface area (Å²) in [5.74, 6) is 1.60. The summed E-state index contributed by atoms with van der Waals surface area (Å²) < 4.78 is 7.88. The van der Waals surface area contributed by atoms with Crippen molar-refractivity contribution in [2.24, 2.45) is 18.0 Å². The van der Waals surface area contributed by atoms with Crippen molar-refractivity contribution >= 4 is 29.9 Å². The second-order valence-corrected chi connectivity index (χ2v) is 7.90. The average molecular weight is 521 g/mol. The van der Waals surface area contributed by atoms with Crippen LogP contribution < -0.4 is 10.6 Å². The van der Waals surface area contributed by atoms with E-state index in [0.29, 0.717) is 12.6 Å². The number of ether oxygens (including phenoxy) is 1. The van der Waals surface area contributed by atoms with Crippen LogP contribution in [0.1, 0.15) is 57.6 Å². The minimum atomic E-state index is 0. The van der Waals surface area contributed by atoms with Crippen molar-refractivity contribution in [2.75, 3.05) is 40.3 Å². The number of aliphatic imine (C=N–C) groups is 1. The zero-order chi connectivity index (χ0) is 20.4. The number of nitrogens with one attached hydrogen (secondary N) is 2. The normalized spacial score (nSPS) is 17.2. The van der Waals surface area contributed by atoms with Crippen LogP contribution in [0.25, 0.3) is 0 Å². The van der Waals surface area contributed by atoms with Crippen molar-refractivity contribution in [3.8, 4) is 0 Å². The molecule has 1 aliphatic carbocycles. The van der Waals surface area contributed by atoms with Crippen molar-refractivity contribution in [3.05, 3.63) is 18.0 Å². The second kappa shape index (κ2) is 14.2. The molecule has 0 saturated heterocycles. The summed E-state index contributed by atoms with van der Waals surface area (Å²) in [4.78, 5) is 7.03. The van der Waals surface area contributed by atoms with Crippen molar-refractivity contribution in [2.45, 2.75) is 58.1 Å². The summed E-state index contributed by atoms with van der Waals surface area (Å²) in [5, 5.41) is 11.2. The van der Waals surface area contributed by atoms with Crippen LogP contribution in [-0.2, 0) is 11.8 Å². The Hall–Kier alpha value is -0.870. The molecule has 2 rings (SSSR count). The van der Waals surface area contributed by atoms with Gasteiger partial charge in [-0.1, -0.05) is 12.8 Å². The maximum Gasteiger partial charge on any atom is 0.191 e. The smallest absolute Gasteiger partial charge is 0.191 e. The van der Waals surface area contributed by atoms with Gasteiger partial charge in [-0.05, 0) is 53.1 Å². The fourth-order valence-electron chi connectivity index (χ4n) is 4.03. The molecule has 7 nitrogen and oxygen atoms in total. The molecule has 0 radical (unpaired) electrons. The Morgan fingerprint density at radius 2 is 2.03 bits per heavy atom. The highest BCUT2D eigenvalue weighted by molar-refractivity contribution is 14.0. The molecule has 8 heteroatoms. The third-order valence-electron chi connectivity index (χ3n) is 5.53. The van der Waals surface area contributed by atoms with E-state index < -0.39 is 0 Å². The fraction of sp³-hybridized carbons (Fsp3) is 0.810. The highest BCUT2D eigenvalue weighted by Gasteiger charge is 2.25. The molecule has 1 aromatic heterocycles. The summed E-state index contributed by atoms with van der Waals surface area (Å²) in [6.07, 6.45) is 10.7. The molecule has 1 saturated carbocycles. The van der Waals surface area contributed by atoms with Crippen LogP contribution in [0.5, 0.6) is 0 Å². The molecule has 2 N–H and O–H groups in total. The number of aromatic nitrogens is 2. The summed E-state index contributed by atoms with van der Waals surface area (Å²) in [6.45, 7) is 7.41. The summed E-state index contributed by atoms with van der Waals surface area (Å²) in [5.41, 5.74) is 1.18. The zero-order valence-electron chi connectivity index (χ0n) is 18.9. The van der Waals surface area contributed by atoms with E-state index in [4.69, 9.17) is 9.73 Å². The number of halogens is 1. The van der Waals surface area contributed by atoms with E-state index in [1.807, 2.05) is 17.9 Å². The van der Waals surface area contributed by atoms with Crippen LogP contribution in [-0.4, -0.2) is 67.1 Å². The van der Waals surface area contributed by atoms with Gasteiger partial charge in [-0.25, -0.2) is 0 Å². The van der Waals surface area contributed by atoms with Crippen molar-refractivity contribution in [1.82, 2.24) is 25.3 Å². The molecule has 1 aromatic rings. The first kappa shape index (κ1) is 26.2. The van der Waals surface area contributed by atoms with Crippen LogP contribution in [0, 0.1) is 5.92 Å². The molecule has 2 atom stereocenters. The highest BCUT2D eigenvalue weighted by Crippen LogP contribution is 2.30. The number of hydrogen-bond acceptors (Lipinski definition) is 4. The standard InChI is InChI=1S/C21H40N6O.HI/c1-6-22-21(23-13-12-20(28-7-2)17-10-8-9-11-17)24-15-19(26(3)4)18-14-25-27(5)16-18;/h14,16-17,19-20H,6-13,15H2,1-5H3,(H2,22,23,24);1H. The quantitative estimate of drug-likeness (QED) is 0.267. The molecule has 0 aromatic carbocycles. The predicted octanol–water partition coefficient (Wildman–Crippen LogP) is 3.18. The van der Waals surface area contributed by atoms with E-state index in [-0.39, 0.29) is 30.0 Å². The SMILES string of the molecule is CCNC(=NCC(c1cnn(C)c1)N(C)C)NCCC(OCC)C1CCCC1.I. The van der Waals surface area contributed by atoms with Gasteiger partial charge in [-0.2, -0.15) is 5.10 Å². The zero-order valence-corrected chi connectivity index (χ0v) is 21.2. The minimum Gasteiger partial charge on any atom is -0.378 e. The lowest BCUT2D eigenvalue weighted by atomic mass is 9.98.